The Bertz CT molecular complexity index is 615. The van der Waals surface area contributed by atoms with Crippen LogP contribution < -0.4 is 10.1 Å². The molecule has 0 saturated carbocycles. The summed E-state index contributed by atoms with van der Waals surface area (Å²) in [5.41, 5.74) is 1.81. The van der Waals surface area contributed by atoms with Crippen LogP contribution in [0.3, 0.4) is 0 Å². The number of hydrogen-bond donors (Lipinski definition) is 1. The maximum atomic E-state index is 12.5. The van der Waals surface area contributed by atoms with E-state index >= 15 is 0 Å². The van der Waals surface area contributed by atoms with Gasteiger partial charge >= 0.3 is 6.03 Å². The molecule has 1 N–H and O–H groups in total. The maximum absolute atomic E-state index is 12.5. The molecule has 110 valence electrons. The van der Waals surface area contributed by atoms with E-state index < -0.39 is 0 Å². The molecule has 2 aromatic rings. The molecule has 6 heteroatoms. The van der Waals surface area contributed by atoms with Crippen LogP contribution in [0.15, 0.2) is 35.2 Å². The maximum Gasteiger partial charge on any atom is 0.322 e. The number of amides is 2. The van der Waals surface area contributed by atoms with Crippen molar-refractivity contribution in [3.05, 3.63) is 40.7 Å². The number of rotatable bonds is 3. The number of urea groups is 1. The SMILES string of the molecule is COc1ncccc1NC(=O)N1CCC[C@H]1c1ccsc1. The standard InChI is InChI=1S/C15H17N3O2S/c1-20-14-12(4-2-7-16-14)17-15(19)18-8-3-5-13(18)11-6-9-21-10-11/h2,4,6-7,9-10,13H,3,5,8H2,1H3,(H,17,19)/t13-/m0/s1. The fourth-order valence-electron chi connectivity index (χ4n) is 2.66. The molecular formula is C15H17N3O2S. The minimum atomic E-state index is -0.102. The monoisotopic (exact) mass is 303 g/mol. The summed E-state index contributed by atoms with van der Waals surface area (Å²) < 4.78 is 5.17. The number of aromatic nitrogens is 1. The van der Waals surface area contributed by atoms with Gasteiger partial charge in [-0.05, 0) is 47.4 Å². The summed E-state index contributed by atoms with van der Waals surface area (Å²) in [7, 11) is 1.54. The molecular weight excluding hydrogens is 286 g/mol. The van der Waals surface area contributed by atoms with Gasteiger partial charge in [-0.25, -0.2) is 9.78 Å². The van der Waals surface area contributed by atoms with Gasteiger partial charge in [-0.2, -0.15) is 11.3 Å². The van der Waals surface area contributed by atoms with E-state index in [1.54, 1.807) is 36.8 Å². The Labute approximate surface area is 127 Å². The highest BCUT2D eigenvalue weighted by Crippen LogP contribution is 2.33. The van der Waals surface area contributed by atoms with Crippen LogP contribution in [0.2, 0.25) is 0 Å². The molecule has 0 radical (unpaired) electrons. The summed E-state index contributed by atoms with van der Waals surface area (Å²) in [5, 5.41) is 7.06. The van der Waals surface area contributed by atoms with Crippen LogP contribution in [-0.4, -0.2) is 29.6 Å². The van der Waals surface area contributed by atoms with Gasteiger partial charge in [0, 0.05) is 12.7 Å². The molecule has 2 aromatic heterocycles. The molecule has 3 heterocycles. The lowest BCUT2D eigenvalue weighted by molar-refractivity contribution is 0.207. The number of pyridine rings is 1. The van der Waals surface area contributed by atoms with E-state index in [0.29, 0.717) is 11.6 Å². The number of carbonyl (C=O) groups is 1. The number of carbonyl (C=O) groups excluding carboxylic acids is 1. The number of likely N-dealkylation sites (tertiary alicyclic amines) is 1. The number of thiophene rings is 1. The van der Waals surface area contributed by atoms with Crippen LogP contribution in [0.5, 0.6) is 5.88 Å². The summed E-state index contributed by atoms with van der Waals surface area (Å²) >= 11 is 1.66. The van der Waals surface area contributed by atoms with E-state index in [2.05, 4.69) is 21.7 Å². The predicted octanol–water partition coefficient (Wildman–Crippen LogP) is 3.52. The fraction of sp³-hybridized carbons (Fsp3) is 0.333. The number of nitrogens with one attached hydrogen (secondary N) is 1. The minimum Gasteiger partial charge on any atom is -0.480 e. The molecule has 0 unspecified atom stereocenters. The van der Waals surface area contributed by atoms with Crippen molar-refractivity contribution in [2.24, 2.45) is 0 Å². The first-order valence-corrected chi connectivity index (χ1v) is 7.82. The second kappa shape index (κ2) is 6.13. The van der Waals surface area contributed by atoms with Crippen molar-refractivity contribution in [1.29, 1.82) is 0 Å². The van der Waals surface area contributed by atoms with Crippen molar-refractivity contribution in [3.63, 3.8) is 0 Å². The van der Waals surface area contributed by atoms with Gasteiger partial charge < -0.3 is 15.0 Å². The van der Waals surface area contributed by atoms with Gasteiger partial charge in [0.15, 0.2) is 0 Å². The molecule has 0 bridgehead atoms. The largest absolute Gasteiger partial charge is 0.480 e. The number of methoxy groups -OCH3 is 1. The summed E-state index contributed by atoms with van der Waals surface area (Å²) in [6.07, 6.45) is 3.67. The van der Waals surface area contributed by atoms with Gasteiger partial charge in [-0.1, -0.05) is 0 Å². The highest BCUT2D eigenvalue weighted by Gasteiger charge is 2.30. The summed E-state index contributed by atoms with van der Waals surface area (Å²) in [5.74, 6) is 0.428. The predicted molar refractivity (Wildman–Crippen MR) is 82.8 cm³/mol. The molecule has 1 aliphatic rings. The number of nitrogens with zero attached hydrogens (tertiary/aromatic N) is 2. The normalized spacial score (nSPS) is 17.8. The lowest BCUT2D eigenvalue weighted by Gasteiger charge is -2.24. The third-order valence-electron chi connectivity index (χ3n) is 3.65. The minimum absolute atomic E-state index is 0.102. The Morgan fingerprint density at radius 2 is 2.43 bits per heavy atom. The zero-order valence-corrected chi connectivity index (χ0v) is 12.6. The molecule has 0 aliphatic carbocycles. The third-order valence-corrected chi connectivity index (χ3v) is 4.35. The molecule has 3 rings (SSSR count). The Balaban J connectivity index is 1.75. The molecule has 5 nitrogen and oxygen atoms in total. The molecule has 21 heavy (non-hydrogen) atoms. The van der Waals surface area contributed by atoms with Crippen molar-refractivity contribution in [2.45, 2.75) is 18.9 Å². The van der Waals surface area contributed by atoms with E-state index in [-0.39, 0.29) is 12.1 Å². The highest BCUT2D eigenvalue weighted by atomic mass is 32.1. The quantitative estimate of drug-likeness (QED) is 0.944. The number of anilines is 1. The Kier molecular flexibility index (Phi) is 4.06. The van der Waals surface area contributed by atoms with Crippen molar-refractivity contribution >= 4 is 23.1 Å². The molecule has 1 fully saturated rings. The molecule has 2 amide bonds. The third kappa shape index (κ3) is 2.85. The fourth-order valence-corrected chi connectivity index (χ4v) is 3.36. The zero-order valence-electron chi connectivity index (χ0n) is 11.8. The molecule has 1 atom stereocenters. The molecule has 0 spiro atoms. The van der Waals surface area contributed by atoms with Crippen molar-refractivity contribution < 1.29 is 9.53 Å². The summed E-state index contributed by atoms with van der Waals surface area (Å²) in [6.45, 7) is 0.773. The highest BCUT2D eigenvalue weighted by molar-refractivity contribution is 7.07. The molecule has 1 aliphatic heterocycles. The van der Waals surface area contributed by atoms with Gasteiger partial charge in [0.25, 0.3) is 0 Å². The summed E-state index contributed by atoms with van der Waals surface area (Å²) in [6, 6.07) is 5.72. The molecule has 1 saturated heterocycles. The first-order chi connectivity index (χ1) is 10.3. The van der Waals surface area contributed by atoms with Crippen LogP contribution in [0, 0.1) is 0 Å². The Morgan fingerprint density at radius 3 is 3.19 bits per heavy atom. The van der Waals surface area contributed by atoms with Crippen LogP contribution in [0.1, 0.15) is 24.4 Å². The van der Waals surface area contributed by atoms with E-state index in [1.807, 2.05) is 10.3 Å². The van der Waals surface area contributed by atoms with E-state index in [4.69, 9.17) is 4.74 Å². The van der Waals surface area contributed by atoms with E-state index in [0.717, 1.165) is 19.4 Å². The van der Waals surface area contributed by atoms with Gasteiger partial charge in [0.05, 0.1) is 13.2 Å². The van der Waals surface area contributed by atoms with Crippen LogP contribution in [-0.2, 0) is 0 Å². The first kappa shape index (κ1) is 13.9. The van der Waals surface area contributed by atoms with E-state index in [9.17, 15) is 4.79 Å². The van der Waals surface area contributed by atoms with Crippen LogP contribution >= 0.6 is 11.3 Å². The van der Waals surface area contributed by atoms with Crippen molar-refractivity contribution in [3.8, 4) is 5.88 Å². The van der Waals surface area contributed by atoms with Crippen molar-refractivity contribution in [1.82, 2.24) is 9.88 Å². The average molecular weight is 303 g/mol. The topological polar surface area (TPSA) is 54.5 Å². The molecule has 0 aromatic carbocycles. The van der Waals surface area contributed by atoms with Crippen molar-refractivity contribution in [2.75, 3.05) is 19.0 Å². The van der Waals surface area contributed by atoms with Crippen LogP contribution in [0.25, 0.3) is 0 Å². The van der Waals surface area contributed by atoms with E-state index in [1.165, 1.54) is 5.56 Å². The number of ether oxygens (including phenoxy) is 1. The second-order valence-electron chi connectivity index (χ2n) is 4.90. The first-order valence-electron chi connectivity index (χ1n) is 6.88. The summed E-state index contributed by atoms with van der Waals surface area (Å²) in [4.78, 5) is 18.5. The Morgan fingerprint density at radius 1 is 1.52 bits per heavy atom. The number of hydrogen-bond acceptors (Lipinski definition) is 4. The average Bonchev–Trinajstić information content (AvgIpc) is 3.18. The van der Waals surface area contributed by atoms with Gasteiger partial charge in [-0.3, -0.25) is 0 Å². The van der Waals surface area contributed by atoms with Gasteiger partial charge in [-0.15, -0.1) is 0 Å². The zero-order chi connectivity index (χ0) is 14.7. The van der Waals surface area contributed by atoms with Gasteiger partial charge in [0.1, 0.15) is 5.69 Å². The smallest absolute Gasteiger partial charge is 0.322 e. The van der Waals surface area contributed by atoms with Gasteiger partial charge in [0.2, 0.25) is 5.88 Å². The van der Waals surface area contributed by atoms with Crippen LogP contribution in [0.4, 0.5) is 10.5 Å². The Hall–Kier alpha value is -2.08. The lowest BCUT2D eigenvalue weighted by Crippen LogP contribution is -2.34. The lowest BCUT2D eigenvalue weighted by atomic mass is 10.1. The second-order valence-corrected chi connectivity index (χ2v) is 5.68.